The minimum absolute atomic E-state index is 0.138. The van der Waals surface area contributed by atoms with Crippen molar-refractivity contribution in [2.45, 2.75) is 19.9 Å². The van der Waals surface area contributed by atoms with Crippen LogP contribution in [-0.2, 0) is 17.8 Å². The van der Waals surface area contributed by atoms with Gasteiger partial charge in [0.05, 0.1) is 12.2 Å². The molecule has 0 N–H and O–H groups in total. The van der Waals surface area contributed by atoms with Crippen molar-refractivity contribution in [1.82, 2.24) is 14.3 Å². The molecule has 4 rings (SSSR count). The lowest BCUT2D eigenvalue weighted by atomic mass is 10.1. The van der Waals surface area contributed by atoms with Crippen molar-refractivity contribution >= 4 is 33.8 Å². The molecule has 0 bridgehead atoms. The molecule has 0 spiro atoms. The van der Waals surface area contributed by atoms with E-state index in [0.717, 1.165) is 34.2 Å². The fourth-order valence-electron chi connectivity index (χ4n) is 2.84. The van der Waals surface area contributed by atoms with Crippen LogP contribution in [0.5, 0.6) is 0 Å². The third-order valence-corrected chi connectivity index (χ3v) is 5.37. The van der Waals surface area contributed by atoms with E-state index in [1.54, 1.807) is 18.3 Å². The lowest BCUT2D eigenvalue weighted by Gasteiger charge is -2.25. The van der Waals surface area contributed by atoms with E-state index in [1.165, 1.54) is 10.6 Å². The fourth-order valence-corrected chi connectivity index (χ4v) is 4.13. The SMILES string of the molecule is CC(=O)N1CCc2c(sc3nc(-c4ccc(Cl)cc4)cn23)C1. The normalized spacial score (nSPS) is 14.4. The van der Waals surface area contributed by atoms with Crippen molar-refractivity contribution in [3.8, 4) is 11.3 Å². The number of hydrogen-bond acceptors (Lipinski definition) is 3. The number of benzene rings is 1. The number of fused-ring (bicyclic) bond motifs is 3. The molecule has 0 fully saturated rings. The molecular formula is C16H14ClN3OS. The summed E-state index contributed by atoms with van der Waals surface area (Å²) in [7, 11) is 0. The number of rotatable bonds is 1. The predicted octanol–water partition coefficient (Wildman–Crippen LogP) is 3.62. The van der Waals surface area contributed by atoms with Crippen molar-refractivity contribution in [2.24, 2.45) is 0 Å². The van der Waals surface area contributed by atoms with E-state index in [-0.39, 0.29) is 5.91 Å². The van der Waals surface area contributed by atoms with Gasteiger partial charge in [0.1, 0.15) is 0 Å². The number of hydrogen-bond donors (Lipinski definition) is 0. The lowest BCUT2D eigenvalue weighted by molar-refractivity contribution is -0.129. The Bertz CT molecular complexity index is 866. The molecule has 6 heteroatoms. The van der Waals surface area contributed by atoms with Crippen molar-refractivity contribution in [3.63, 3.8) is 0 Å². The predicted molar refractivity (Wildman–Crippen MR) is 88.3 cm³/mol. The Morgan fingerprint density at radius 2 is 2.09 bits per heavy atom. The maximum atomic E-state index is 11.5. The molecule has 0 atom stereocenters. The zero-order valence-corrected chi connectivity index (χ0v) is 13.6. The molecule has 4 nitrogen and oxygen atoms in total. The van der Waals surface area contributed by atoms with Gasteiger partial charge in [-0.2, -0.15) is 0 Å². The van der Waals surface area contributed by atoms with E-state index in [1.807, 2.05) is 29.2 Å². The van der Waals surface area contributed by atoms with Gasteiger partial charge in [0, 0.05) is 47.2 Å². The summed E-state index contributed by atoms with van der Waals surface area (Å²) in [5, 5.41) is 0.728. The van der Waals surface area contributed by atoms with E-state index >= 15 is 0 Å². The zero-order valence-electron chi connectivity index (χ0n) is 12.0. The van der Waals surface area contributed by atoms with E-state index in [2.05, 4.69) is 10.6 Å². The summed E-state index contributed by atoms with van der Waals surface area (Å²) < 4.78 is 2.17. The van der Waals surface area contributed by atoms with Gasteiger partial charge < -0.3 is 4.90 Å². The number of halogens is 1. The van der Waals surface area contributed by atoms with Crippen LogP contribution in [0, 0.1) is 0 Å². The number of aromatic nitrogens is 2. The molecule has 1 amide bonds. The Hall–Kier alpha value is -1.85. The van der Waals surface area contributed by atoms with Gasteiger partial charge in [0.2, 0.25) is 5.91 Å². The van der Waals surface area contributed by atoms with Crippen LogP contribution in [-0.4, -0.2) is 26.7 Å². The van der Waals surface area contributed by atoms with Crippen molar-refractivity contribution in [2.75, 3.05) is 6.54 Å². The molecule has 2 aromatic heterocycles. The minimum atomic E-state index is 0.138. The molecule has 0 saturated heterocycles. The first-order valence-corrected chi connectivity index (χ1v) is 8.32. The summed E-state index contributed by atoms with van der Waals surface area (Å²) in [5.41, 5.74) is 3.31. The second-order valence-corrected chi connectivity index (χ2v) is 6.95. The van der Waals surface area contributed by atoms with Gasteiger partial charge in [0.25, 0.3) is 0 Å². The number of carbonyl (C=O) groups is 1. The smallest absolute Gasteiger partial charge is 0.219 e. The summed E-state index contributed by atoms with van der Waals surface area (Å²) in [4.78, 5) is 20.4. The number of imidazole rings is 1. The highest BCUT2D eigenvalue weighted by Gasteiger charge is 2.23. The van der Waals surface area contributed by atoms with Crippen LogP contribution in [0.1, 0.15) is 17.5 Å². The van der Waals surface area contributed by atoms with Crippen molar-refractivity contribution in [3.05, 3.63) is 46.1 Å². The monoisotopic (exact) mass is 331 g/mol. The molecule has 0 aliphatic carbocycles. The molecule has 1 aromatic carbocycles. The van der Waals surface area contributed by atoms with E-state index in [9.17, 15) is 4.79 Å². The van der Waals surface area contributed by atoms with E-state index in [4.69, 9.17) is 16.6 Å². The zero-order chi connectivity index (χ0) is 15.3. The molecule has 0 radical (unpaired) electrons. The summed E-state index contributed by atoms with van der Waals surface area (Å²) in [5.74, 6) is 0.138. The molecule has 1 aliphatic heterocycles. The Morgan fingerprint density at radius 3 is 2.82 bits per heavy atom. The summed E-state index contributed by atoms with van der Waals surface area (Å²) in [6.07, 6.45) is 2.96. The molecule has 3 aromatic rings. The second-order valence-electron chi connectivity index (χ2n) is 5.45. The topological polar surface area (TPSA) is 37.6 Å². The lowest BCUT2D eigenvalue weighted by Crippen LogP contribution is -2.33. The van der Waals surface area contributed by atoms with Crippen molar-refractivity contribution in [1.29, 1.82) is 0 Å². The van der Waals surface area contributed by atoms with Gasteiger partial charge in [-0.15, -0.1) is 0 Å². The third kappa shape index (κ3) is 2.21. The maximum Gasteiger partial charge on any atom is 0.219 e. The second kappa shape index (κ2) is 5.11. The Labute approximate surface area is 137 Å². The number of carbonyl (C=O) groups excluding carboxylic acids is 1. The van der Waals surface area contributed by atoms with Gasteiger partial charge in [-0.25, -0.2) is 4.98 Å². The van der Waals surface area contributed by atoms with Crippen molar-refractivity contribution < 1.29 is 4.79 Å². The van der Waals surface area contributed by atoms with Crippen LogP contribution in [0.4, 0.5) is 0 Å². The Morgan fingerprint density at radius 1 is 1.32 bits per heavy atom. The molecule has 22 heavy (non-hydrogen) atoms. The average Bonchev–Trinajstić information content (AvgIpc) is 3.04. The molecular weight excluding hydrogens is 318 g/mol. The van der Waals surface area contributed by atoms with Crippen LogP contribution in [0.3, 0.4) is 0 Å². The van der Waals surface area contributed by atoms with E-state index < -0.39 is 0 Å². The Balaban J connectivity index is 1.74. The molecule has 112 valence electrons. The van der Waals surface area contributed by atoms with Crippen LogP contribution < -0.4 is 0 Å². The Kier molecular flexibility index (Phi) is 3.20. The van der Waals surface area contributed by atoms with Crippen LogP contribution >= 0.6 is 22.9 Å². The number of nitrogens with zero attached hydrogens (tertiary/aromatic N) is 3. The van der Waals surface area contributed by atoms with Gasteiger partial charge in [-0.3, -0.25) is 9.20 Å². The van der Waals surface area contributed by atoms with Crippen LogP contribution in [0.25, 0.3) is 16.2 Å². The first-order chi connectivity index (χ1) is 10.6. The number of thiazole rings is 1. The van der Waals surface area contributed by atoms with Gasteiger partial charge in [-0.05, 0) is 12.1 Å². The van der Waals surface area contributed by atoms with Gasteiger partial charge in [0.15, 0.2) is 4.96 Å². The highest BCUT2D eigenvalue weighted by molar-refractivity contribution is 7.17. The standard InChI is InChI=1S/C16H14ClN3OS/c1-10(21)19-7-6-14-15(9-19)22-16-18-13(8-20(14)16)11-2-4-12(17)5-3-11/h2-5,8H,6-7,9H2,1H3. The van der Waals surface area contributed by atoms with Gasteiger partial charge >= 0.3 is 0 Å². The maximum absolute atomic E-state index is 11.5. The van der Waals surface area contributed by atoms with Gasteiger partial charge in [-0.1, -0.05) is 35.1 Å². The molecule has 0 saturated carbocycles. The summed E-state index contributed by atoms with van der Waals surface area (Å²) >= 11 is 7.61. The number of amides is 1. The average molecular weight is 332 g/mol. The van der Waals surface area contributed by atoms with Crippen LogP contribution in [0.2, 0.25) is 5.02 Å². The van der Waals surface area contributed by atoms with Crippen LogP contribution in [0.15, 0.2) is 30.5 Å². The quantitative estimate of drug-likeness (QED) is 0.683. The summed E-state index contributed by atoms with van der Waals surface area (Å²) in [6, 6.07) is 7.73. The highest BCUT2D eigenvalue weighted by Crippen LogP contribution is 2.31. The minimum Gasteiger partial charge on any atom is -0.337 e. The third-order valence-electron chi connectivity index (χ3n) is 4.04. The molecule has 0 unspecified atom stereocenters. The summed E-state index contributed by atoms with van der Waals surface area (Å²) in [6.45, 7) is 3.11. The molecule has 3 heterocycles. The fraction of sp³-hybridized carbons (Fsp3) is 0.250. The highest BCUT2D eigenvalue weighted by atomic mass is 35.5. The van der Waals surface area contributed by atoms with E-state index in [0.29, 0.717) is 6.54 Å². The first-order valence-electron chi connectivity index (χ1n) is 7.13. The molecule has 1 aliphatic rings. The largest absolute Gasteiger partial charge is 0.337 e. The first kappa shape index (κ1) is 13.8.